The highest BCUT2D eigenvalue weighted by Crippen LogP contribution is 2.27. The maximum absolute atomic E-state index is 11.9. The van der Waals surface area contributed by atoms with Gasteiger partial charge in [0.15, 0.2) is 0 Å². The standard InChI is InChI=1S/C14H19BrN2O2/c1-17(8-10-6-11(18)7-10)9-14(19)16-13-5-3-2-4-12(13)15/h2-5,10-11,18H,6-9H2,1H3,(H,16,19). The number of hydrogen-bond acceptors (Lipinski definition) is 3. The van der Waals surface area contributed by atoms with Crippen molar-refractivity contribution in [2.24, 2.45) is 5.92 Å². The predicted octanol–water partition coefficient (Wildman–Crippen LogP) is 2.09. The number of aliphatic hydroxyl groups is 1. The Morgan fingerprint density at radius 2 is 2.16 bits per heavy atom. The number of hydrogen-bond donors (Lipinski definition) is 2. The van der Waals surface area contributed by atoms with E-state index in [9.17, 15) is 9.90 Å². The lowest BCUT2D eigenvalue weighted by molar-refractivity contribution is -0.117. The monoisotopic (exact) mass is 326 g/mol. The molecule has 0 atom stereocenters. The average Bonchev–Trinajstić information content (AvgIpc) is 2.30. The smallest absolute Gasteiger partial charge is 0.238 e. The van der Waals surface area contributed by atoms with E-state index in [2.05, 4.69) is 21.2 Å². The molecule has 0 unspecified atom stereocenters. The summed E-state index contributed by atoms with van der Waals surface area (Å²) in [6.45, 7) is 1.23. The molecule has 1 aromatic carbocycles. The zero-order valence-electron chi connectivity index (χ0n) is 11.0. The van der Waals surface area contributed by atoms with E-state index in [1.54, 1.807) is 0 Å². The van der Waals surface area contributed by atoms with Crippen molar-refractivity contribution >= 4 is 27.5 Å². The number of carbonyl (C=O) groups excluding carboxylic acids is 1. The molecule has 5 heteroatoms. The van der Waals surface area contributed by atoms with E-state index in [0.717, 1.165) is 29.5 Å². The highest BCUT2D eigenvalue weighted by atomic mass is 79.9. The summed E-state index contributed by atoms with van der Waals surface area (Å²) in [6.07, 6.45) is 1.58. The number of aliphatic hydroxyl groups excluding tert-OH is 1. The fourth-order valence-corrected chi connectivity index (χ4v) is 2.74. The first kappa shape index (κ1) is 14.5. The number of amides is 1. The number of nitrogens with zero attached hydrogens (tertiary/aromatic N) is 1. The van der Waals surface area contributed by atoms with Crippen LogP contribution < -0.4 is 5.32 Å². The molecule has 0 aliphatic heterocycles. The van der Waals surface area contributed by atoms with Crippen LogP contribution >= 0.6 is 15.9 Å². The summed E-state index contributed by atoms with van der Waals surface area (Å²) < 4.78 is 0.883. The van der Waals surface area contributed by atoms with E-state index in [-0.39, 0.29) is 12.0 Å². The molecule has 0 aromatic heterocycles. The molecular weight excluding hydrogens is 308 g/mol. The van der Waals surface area contributed by atoms with Crippen molar-refractivity contribution in [2.45, 2.75) is 18.9 Å². The van der Waals surface area contributed by atoms with E-state index < -0.39 is 0 Å². The van der Waals surface area contributed by atoms with E-state index in [1.807, 2.05) is 36.2 Å². The second-order valence-electron chi connectivity index (χ2n) is 5.22. The Balaban J connectivity index is 1.76. The van der Waals surface area contributed by atoms with E-state index >= 15 is 0 Å². The topological polar surface area (TPSA) is 52.6 Å². The van der Waals surface area contributed by atoms with Crippen LogP contribution in [-0.2, 0) is 4.79 Å². The van der Waals surface area contributed by atoms with Crippen molar-refractivity contribution in [1.29, 1.82) is 0 Å². The summed E-state index contributed by atoms with van der Waals surface area (Å²) >= 11 is 3.40. The SMILES string of the molecule is CN(CC(=O)Nc1ccccc1Br)CC1CC(O)C1. The number of para-hydroxylation sites is 1. The molecule has 1 fully saturated rings. The molecule has 1 aliphatic carbocycles. The number of nitrogens with one attached hydrogen (secondary N) is 1. The summed E-state index contributed by atoms with van der Waals surface area (Å²) in [7, 11) is 1.93. The zero-order valence-corrected chi connectivity index (χ0v) is 12.6. The Labute approximate surface area is 121 Å². The summed E-state index contributed by atoms with van der Waals surface area (Å²) in [6, 6.07) is 7.56. The van der Waals surface area contributed by atoms with Gasteiger partial charge >= 0.3 is 0 Å². The minimum absolute atomic E-state index is 0.0192. The summed E-state index contributed by atoms with van der Waals surface area (Å²) in [4.78, 5) is 13.9. The second kappa shape index (κ2) is 6.50. The van der Waals surface area contributed by atoms with Crippen LogP contribution in [0.4, 0.5) is 5.69 Å². The molecule has 1 amide bonds. The van der Waals surface area contributed by atoms with Crippen molar-refractivity contribution in [3.63, 3.8) is 0 Å². The number of halogens is 1. The first-order chi connectivity index (χ1) is 9.04. The van der Waals surface area contributed by atoms with Gasteiger partial charge in [-0.15, -0.1) is 0 Å². The molecule has 19 heavy (non-hydrogen) atoms. The lowest BCUT2D eigenvalue weighted by atomic mass is 9.82. The van der Waals surface area contributed by atoms with Crippen LogP contribution in [-0.4, -0.2) is 42.2 Å². The van der Waals surface area contributed by atoms with Gasteiger partial charge in [0.05, 0.1) is 18.3 Å². The Kier molecular flexibility index (Phi) is 4.96. The Morgan fingerprint density at radius 3 is 2.79 bits per heavy atom. The van der Waals surface area contributed by atoms with E-state index in [1.165, 1.54) is 0 Å². The van der Waals surface area contributed by atoms with Gasteiger partial charge in [-0.3, -0.25) is 9.69 Å². The molecule has 0 saturated heterocycles. The average molecular weight is 327 g/mol. The number of anilines is 1. The fraction of sp³-hybridized carbons (Fsp3) is 0.500. The number of carbonyl (C=O) groups is 1. The van der Waals surface area contributed by atoms with Crippen molar-refractivity contribution in [3.05, 3.63) is 28.7 Å². The minimum atomic E-state index is -0.132. The molecule has 1 saturated carbocycles. The van der Waals surface area contributed by atoms with Gasteiger partial charge in [-0.25, -0.2) is 0 Å². The third kappa shape index (κ3) is 4.30. The van der Waals surface area contributed by atoms with Gasteiger partial charge in [0, 0.05) is 11.0 Å². The van der Waals surface area contributed by atoms with Crippen LogP contribution in [0.5, 0.6) is 0 Å². The maximum atomic E-state index is 11.9. The number of rotatable bonds is 5. The van der Waals surface area contributed by atoms with E-state index in [0.29, 0.717) is 12.5 Å². The lowest BCUT2D eigenvalue weighted by Gasteiger charge is -2.34. The molecule has 0 radical (unpaired) electrons. The van der Waals surface area contributed by atoms with Gasteiger partial charge in [-0.1, -0.05) is 12.1 Å². The second-order valence-corrected chi connectivity index (χ2v) is 6.07. The van der Waals surface area contributed by atoms with Crippen LogP contribution in [0.2, 0.25) is 0 Å². The fourth-order valence-electron chi connectivity index (χ4n) is 2.35. The van der Waals surface area contributed by atoms with Gasteiger partial charge in [0.25, 0.3) is 0 Å². The van der Waals surface area contributed by atoms with E-state index in [4.69, 9.17) is 0 Å². The minimum Gasteiger partial charge on any atom is -0.393 e. The highest BCUT2D eigenvalue weighted by molar-refractivity contribution is 9.10. The van der Waals surface area contributed by atoms with Crippen molar-refractivity contribution in [1.82, 2.24) is 4.90 Å². The quantitative estimate of drug-likeness (QED) is 0.871. The Hall–Kier alpha value is -0.910. The van der Waals surface area contributed by atoms with Crippen molar-refractivity contribution in [3.8, 4) is 0 Å². The summed E-state index contributed by atoms with van der Waals surface area (Å²) in [5, 5.41) is 12.1. The first-order valence-corrected chi connectivity index (χ1v) is 7.25. The first-order valence-electron chi connectivity index (χ1n) is 6.45. The molecule has 4 nitrogen and oxygen atoms in total. The van der Waals surface area contributed by atoms with Crippen molar-refractivity contribution < 1.29 is 9.90 Å². The molecule has 0 bridgehead atoms. The van der Waals surface area contributed by atoms with Crippen LogP contribution in [0.25, 0.3) is 0 Å². The van der Waals surface area contributed by atoms with Gasteiger partial charge in [0.1, 0.15) is 0 Å². The lowest BCUT2D eigenvalue weighted by Crippen LogP contribution is -2.39. The Morgan fingerprint density at radius 1 is 1.47 bits per heavy atom. The molecule has 2 N–H and O–H groups in total. The Bertz CT molecular complexity index is 447. The molecule has 1 aliphatic rings. The van der Waals surface area contributed by atoms with Crippen LogP contribution in [0, 0.1) is 5.92 Å². The van der Waals surface area contributed by atoms with Gasteiger partial charge in [-0.2, -0.15) is 0 Å². The number of likely N-dealkylation sites (N-methyl/N-ethyl adjacent to an activating group) is 1. The van der Waals surface area contributed by atoms with Gasteiger partial charge in [-0.05, 0) is 53.9 Å². The molecule has 0 spiro atoms. The molecule has 2 rings (SSSR count). The van der Waals surface area contributed by atoms with Crippen molar-refractivity contribution in [2.75, 3.05) is 25.5 Å². The maximum Gasteiger partial charge on any atom is 0.238 e. The summed E-state index contributed by atoms with van der Waals surface area (Å²) in [5.41, 5.74) is 0.792. The largest absolute Gasteiger partial charge is 0.393 e. The predicted molar refractivity (Wildman–Crippen MR) is 79.0 cm³/mol. The number of benzene rings is 1. The van der Waals surface area contributed by atoms with Crippen LogP contribution in [0.15, 0.2) is 28.7 Å². The summed E-state index contributed by atoms with van der Waals surface area (Å²) in [5.74, 6) is 0.505. The molecule has 1 aromatic rings. The van der Waals surface area contributed by atoms with Crippen LogP contribution in [0.1, 0.15) is 12.8 Å². The van der Waals surface area contributed by atoms with Gasteiger partial charge < -0.3 is 10.4 Å². The molecular formula is C14H19BrN2O2. The molecule has 0 heterocycles. The van der Waals surface area contributed by atoms with Gasteiger partial charge in [0.2, 0.25) is 5.91 Å². The highest BCUT2D eigenvalue weighted by Gasteiger charge is 2.28. The third-order valence-electron chi connectivity index (χ3n) is 3.34. The van der Waals surface area contributed by atoms with Crippen LogP contribution in [0.3, 0.4) is 0 Å². The molecule has 104 valence electrons. The zero-order chi connectivity index (χ0) is 13.8. The normalized spacial score (nSPS) is 22.1. The third-order valence-corrected chi connectivity index (χ3v) is 4.03.